The standard InChI is InChI=1S/C11H14N6O/c1-3-9-13-5-8(10(16-9)11(12)18)15-7-4-14-17(2)6-7/h4-6,15H,3H2,1-2H3,(H2,12,18). The first-order valence-electron chi connectivity index (χ1n) is 5.51. The summed E-state index contributed by atoms with van der Waals surface area (Å²) in [4.78, 5) is 19.6. The largest absolute Gasteiger partial charge is 0.364 e. The lowest BCUT2D eigenvalue weighted by atomic mass is 10.3. The maximum atomic E-state index is 11.4. The molecule has 7 heteroatoms. The summed E-state index contributed by atoms with van der Waals surface area (Å²) >= 11 is 0. The van der Waals surface area contributed by atoms with Gasteiger partial charge in [0, 0.05) is 19.7 Å². The van der Waals surface area contributed by atoms with E-state index < -0.39 is 5.91 Å². The van der Waals surface area contributed by atoms with E-state index in [2.05, 4.69) is 20.4 Å². The second-order valence-electron chi connectivity index (χ2n) is 3.79. The molecule has 0 bridgehead atoms. The van der Waals surface area contributed by atoms with Crippen molar-refractivity contribution < 1.29 is 4.79 Å². The van der Waals surface area contributed by atoms with Gasteiger partial charge in [0.1, 0.15) is 5.82 Å². The first kappa shape index (κ1) is 12.0. The van der Waals surface area contributed by atoms with Gasteiger partial charge in [0.25, 0.3) is 5.91 Å². The molecule has 94 valence electrons. The van der Waals surface area contributed by atoms with Gasteiger partial charge in [-0.05, 0) is 0 Å². The van der Waals surface area contributed by atoms with Gasteiger partial charge in [-0.2, -0.15) is 5.10 Å². The number of carbonyl (C=O) groups excluding carboxylic acids is 1. The molecule has 3 N–H and O–H groups in total. The molecule has 1 amide bonds. The summed E-state index contributed by atoms with van der Waals surface area (Å²) in [6, 6.07) is 0. The van der Waals surface area contributed by atoms with Gasteiger partial charge in [-0.1, -0.05) is 6.92 Å². The lowest BCUT2D eigenvalue weighted by Gasteiger charge is -2.07. The molecule has 7 nitrogen and oxygen atoms in total. The number of amides is 1. The maximum Gasteiger partial charge on any atom is 0.269 e. The summed E-state index contributed by atoms with van der Waals surface area (Å²) in [6.07, 6.45) is 5.61. The van der Waals surface area contributed by atoms with Gasteiger partial charge >= 0.3 is 0 Å². The molecular formula is C11H14N6O. The third kappa shape index (κ3) is 2.45. The first-order valence-corrected chi connectivity index (χ1v) is 5.51. The normalized spacial score (nSPS) is 10.3. The molecule has 0 aliphatic rings. The van der Waals surface area contributed by atoms with E-state index in [-0.39, 0.29) is 5.69 Å². The van der Waals surface area contributed by atoms with E-state index in [0.717, 1.165) is 5.69 Å². The van der Waals surface area contributed by atoms with Crippen LogP contribution in [0.5, 0.6) is 0 Å². The average Bonchev–Trinajstić information content (AvgIpc) is 2.75. The van der Waals surface area contributed by atoms with Gasteiger partial charge in [0.05, 0.1) is 23.8 Å². The van der Waals surface area contributed by atoms with Crippen LogP contribution in [0, 0.1) is 0 Å². The van der Waals surface area contributed by atoms with Crippen LogP contribution in [0.25, 0.3) is 0 Å². The van der Waals surface area contributed by atoms with E-state index in [1.54, 1.807) is 30.3 Å². The fourth-order valence-corrected chi connectivity index (χ4v) is 1.51. The number of anilines is 2. The fourth-order valence-electron chi connectivity index (χ4n) is 1.51. The molecule has 2 heterocycles. The number of nitrogens with zero attached hydrogens (tertiary/aromatic N) is 4. The van der Waals surface area contributed by atoms with Gasteiger partial charge in [-0.3, -0.25) is 9.48 Å². The number of rotatable bonds is 4. The van der Waals surface area contributed by atoms with Crippen LogP contribution in [-0.2, 0) is 13.5 Å². The highest BCUT2D eigenvalue weighted by molar-refractivity contribution is 5.96. The van der Waals surface area contributed by atoms with E-state index in [9.17, 15) is 4.79 Å². The Kier molecular flexibility index (Phi) is 3.22. The topological polar surface area (TPSA) is 98.7 Å². The lowest BCUT2D eigenvalue weighted by molar-refractivity contribution is 0.0996. The molecule has 0 fully saturated rings. The Morgan fingerprint density at radius 2 is 2.28 bits per heavy atom. The summed E-state index contributed by atoms with van der Waals surface area (Å²) in [5.41, 5.74) is 6.72. The van der Waals surface area contributed by atoms with Gasteiger partial charge in [-0.15, -0.1) is 0 Å². The van der Waals surface area contributed by atoms with Crippen LogP contribution in [0.15, 0.2) is 18.6 Å². The third-order valence-electron chi connectivity index (χ3n) is 2.37. The molecule has 0 saturated carbocycles. The quantitative estimate of drug-likeness (QED) is 0.823. The molecule has 18 heavy (non-hydrogen) atoms. The molecule has 0 radical (unpaired) electrons. The molecule has 2 rings (SSSR count). The molecule has 0 aliphatic heterocycles. The predicted molar refractivity (Wildman–Crippen MR) is 66.4 cm³/mol. The molecule has 0 saturated heterocycles. The fraction of sp³-hybridized carbons (Fsp3) is 0.273. The van der Waals surface area contributed by atoms with Crippen LogP contribution in [0.2, 0.25) is 0 Å². The second kappa shape index (κ2) is 4.82. The molecular weight excluding hydrogens is 232 g/mol. The number of hydrogen-bond donors (Lipinski definition) is 2. The van der Waals surface area contributed by atoms with Crippen molar-refractivity contribution in [2.75, 3.05) is 5.32 Å². The van der Waals surface area contributed by atoms with Gasteiger partial charge < -0.3 is 11.1 Å². The van der Waals surface area contributed by atoms with E-state index in [1.165, 1.54) is 0 Å². The Hall–Kier alpha value is -2.44. The van der Waals surface area contributed by atoms with Gasteiger partial charge in [-0.25, -0.2) is 9.97 Å². The Balaban J connectivity index is 2.34. The summed E-state index contributed by atoms with van der Waals surface area (Å²) in [5, 5.41) is 7.04. The number of carbonyl (C=O) groups is 1. The van der Waals surface area contributed by atoms with Crippen molar-refractivity contribution in [1.29, 1.82) is 0 Å². The smallest absolute Gasteiger partial charge is 0.269 e. The molecule has 0 unspecified atom stereocenters. The highest BCUT2D eigenvalue weighted by Crippen LogP contribution is 2.18. The second-order valence-corrected chi connectivity index (χ2v) is 3.79. The highest BCUT2D eigenvalue weighted by atomic mass is 16.1. The average molecular weight is 246 g/mol. The van der Waals surface area contributed by atoms with Crippen LogP contribution in [0.1, 0.15) is 23.2 Å². The number of aryl methyl sites for hydroxylation is 2. The van der Waals surface area contributed by atoms with Crippen molar-refractivity contribution >= 4 is 17.3 Å². The van der Waals surface area contributed by atoms with Crippen LogP contribution >= 0.6 is 0 Å². The van der Waals surface area contributed by atoms with Crippen LogP contribution in [0.3, 0.4) is 0 Å². The predicted octanol–water partition coefficient (Wildman–Crippen LogP) is 0.615. The van der Waals surface area contributed by atoms with E-state index >= 15 is 0 Å². The van der Waals surface area contributed by atoms with Crippen molar-refractivity contribution in [3.8, 4) is 0 Å². The Morgan fingerprint density at radius 1 is 1.50 bits per heavy atom. The van der Waals surface area contributed by atoms with Crippen LogP contribution < -0.4 is 11.1 Å². The zero-order chi connectivity index (χ0) is 13.1. The number of hydrogen-bond acceptors (Lipinski definition) is 5. The number of primary amides is 1. The zero-order valence-corrected chi connectivity index (χ0v) is 10.2. The third-order valence-corrected chi connectivity index (χ3v) is 2.37. The van der Waals surface area contributed by atoms with Crippen molar-refractivity contribution in [3.05, 3.63) is 30.1 Å². The van der Waals surface area contributed by atoms with Crippen LogP contribution in [0.4, 0.5) is 11.4 Å². The molecule has 0 spiro atoms. The molecule has 0 atom stereocenters. The molecule has 0 aromatic carbocycles. The van der Waals surface area contributed by atoms with E-state index in [4.69, 9.17) is 5.73 Å². The van der Waals surface area contributed by atoms with Crippen LogP contribution in [-0.4, -0.2) is 25.7 Å². The van der Waals surface area contributed by atoms with Crippen molar-refractivity contribution in [3.63, 3.8) is 0 Å². The van der Waals surface area contributed by atoms with Gasteiger partial charge in [0.15, 0.2) is 5.69 Å². The SMILES string of the molecule is CCc1ncc(Nc2cnn(C)c2)c(C(N)=O)n1. The monoisotopic (exact) mass is 246 g/mol. The molecule has 2 aromatic rings. The Labute approximate surface area is 104 Å². The summed E-state index contributed by atoms with van der Waals surface area (Å²) < 4.78 is 1.65. The van der Waals surface area contributed by atoms with E-state index in [1.807, 2.05) is 6.92 Å². The first-order chi connectivity index (χ1) is 8.60. The number of nitrogens with two attached hydrogens (primary N) is 1. The highest BCUT2D eigenvalue weighted by Gasteiger charge is 2.12. The summed E-state index contributed by atoms with van der Waals surface area (Å²) in [6.45, 7) is 1.91. The Morgan fingerprint density at radius 3 is 2.83 bits per heavy atom. The van der Waals surface area contributed by atoms with E-state index in [0.29, 0.717) is 17.9 Å². The van der Waals surface area contributed by atoms with Gasteiger partial charge in [0.2, 0.25) is 0 Å². The summed E-state index contributed by atoms with van der Waals surface area (Å²) in [5.74, 6) is -0.000901. The minimum absolute atomic E-state index is 0.186. The Bertz CT molecular complexity index is 577. The molecule has 2 aromatic heterocycles. The van der Waals surface area contributed by atoms with Crippen molar-refractivity contribution in [2.24, 2.45) is 12.8 Å². The minimum atomic E-state index is -0.585. The maximum absolute atomic E-state index is 11.4. The van der Waals surface area contributed by atoms with Crippen molar-refractivity contribution in [2.45, 2.75) is 13.3 Å². The van der Waals surface area contributed by atoms with Crippen molar-refractivity contribution in [1.82, 2.24) is 19.7 Å². The minimum Gasteiger partial charge on any atom is -0.364 e. The summed E-state index contributed by atoms with van der Waals surface area (Å²) in [7, 11) is 1.80. The molecule has 0 aliphatic carbocycles. The number of nitrogens with one attached hydrogen (secondary N) is 1. The number of aromatic nitrogens is 4. The lowest BCUT2D eigenvalue weighted by Crippen LogP contribution is -2.17. The zero-order valence-electron chi connectivity index (χ0n) is 10.2.